The molecule has 0 aromatic heterocycles. The molecule has 64 valence electrons. The number of rotatable bonds is 6. The zero-order chi connectivity index (χ0) is 6.95. The number of unbranched alkanes of at least 4 members (excludes halogenated alkanes) is 5. The summed E-state index contributed by atoms with van der Waals surface area (Å²) in [5.41, 5.74) is 0. The van der Waals surface area contributed by atoms with Crippen molar-refractivity contribution >= 4 is 0 Å². The molecule has 0 unspecified atom stereocenters. The minimum absolute atomic E-state index is 0. The summed E-state index contributed by atoms with van der Waals surface area (Å²) in [6, 6.07) is 0. The van der Waals surface area contributed by atoms with Gasteiger partial charge in [-0.3, -0.25) is 0 Å². The molecule has 0 heterocycles. The molecular formula is C8H19NaO2. The van der Waals surface area contributed by atoms with Crippen LogP contribution in [-0.2, 0) is 0 Å². The Hall–Kier alpha value is 0.920. The summed E-state index contributed by atoms with van der Waals surface area (Å²) in [5, 5.41) is 8.42. The Kier molecular flexibility index (Phi) is 27.8. The summed E-state index contributed by atoms with van der Waals surface area (Å²) in [4.78, 5) is 0. The Labute approximate surface area is 92.0 Å². The van der Waals surface area contributed by atoms with E-state index in [0.29, 0.717) is 6.61 Å². The van der Waals surface area contributed by atoms with E-state index in [-0.39, 0.29) is 35.0 Å². The predicted molar refractivity (Wildman–Crippen MR) is 42.4 cm³/mol. The number of hydrogen-bond donors (Lipinski definition) is 1. The monoisotopic (exact) mass is 170 g/mol. The summed E-state index contributed by atoms with van der Waals surface area (Å²) in [6.07, 6.45) is 7.50. The maximum atomic E-state index is 8.42. The van der Waals surface area contributed by atoms with Gasteiger partial charge in [-0.05, 0) is 6.42 Å². The van der Waals surface area contributed by atoms with E-state index in [1.807, 2.05) is 0 Å². The molecule has 0 saturated heterocycles. The fourth-order valence-electron chi connectivity index (χ4n) is 0.892. The third kappa shape index (κ3) is 18.1. The molecule has 0 aromatic rings. The zero-order valence-electron chi connectivity index (χ0n) is 7.84. The van der Waals surface area contributed by atoms with E-state index in [1.165, 1.54) is 32.1 Å². The molecule has 0 rings (SSSR count). The maximum absolute atomic E-state index is 8.42. The van der Waals surface area contributed by atoms with Crippen molar-refractivity contribution in [2.75, 3.05) is 6.61 Å². The van der Waals surface area contributed by atoms with Crippen LogP contribution in [0.5, 0.6) is 0 Å². The van der Waals surface area contributed by atoms with Gasteiger partial charge in [-0.1, -0.05) is 39.0 Å². The Morgan fingerprint density at radius 2 is 1.36 bits per heavy atom. The summed E-state index contributed by atoms with van der Waals surface area (Å²) >= 11 is 0. The van der Waals surface area contributed by atoms with Crippen LogP contribution in [-0.4, -0.2) is 17.2 Å². The minimum atomic E-state index is 0. The smallest absolute Gasteiger partial charge is 0.870 e. The van der Waals surface area contributed by atoms with Crippen molar-refractivity contribution in [3.8, 4) is 0 Å². The van der Waals surface area contributed by atoms with Crippen LogP contribution >= 0.6 is 0 Å². The SMILES string of the molecule is CCCCCCCCO.[Na+].[OH-]. The molecule has 0 radical (unpaired) electrons. The van der Waals surface area contributed by atoms with Gasteiger partial charge in [-0.2, -0.15) is 0 Å². The van der Waals surface area contributed by atoms with Crippen LogP contribution < -0.4 is 29.6 Å². The third-order valence-corrected chi connectivity index (χ3v) is 1.51. The molecule has 0 amide bonds. The topological polar surface area (TPSA) is 50.2 Å². The standard InChI is InChI=1S/C8H18O.Na.H2O/c1-2-3-4-5-6-7-8-9;;/h9H,2-8H2,1H3;;1H2/q;+1;/p-1. The van der Waals surface area contributed by atoms with Crippen molar-refractivity contribution in [1.82, 2.24) is 0 Å². The van der Waals surface area contributed by atoms with Crippen LogP contribution in [0.4, 0.5) is 0 Å². The normalized spacial score (nSPS) is 8.18. The van der Waals surface area contributed by atoms with Gasteiger partial charge in [0.25, 0.3) is 0 Å². The molecule has 0 spiro atoms. The first-order valence-electron chi connectivity index (χ1n) is 4.02. The second kappa shape index (κ2) is 17.1. The molecule has 0 saturated carbocycles. The van der Waals surface area contributed by atoms with E-state index in [2.05, 4.69) is 6.92 Å². The quantitative estimate of drug-likeness (QED) is 0.417. The second-order valence-electron chi connectivity index (χ2n) is 2.49. The van der Waals surface area contributed by atoms with E-state index in [9.17, 15) is 0 Å². The van der Waals surface area contributed by atoms with E-state index >= 15 is 0 Å². The van der Waals surface area contributed by atoms with Gasteiger partial charge in [0.05, 0.1) is 0 Å². The van der Waals surface area contributed by atoms with Gasteiger partial charge >= 0.3 is 29.6 Å². The summed E-state index contributed by atoms with van der Waals surface area (Å²) in [5.74, 6) is 0. The molecule has 0 aromatic carbocycles. The van der Waals surface area contributed by atoms with Crippen LogP contribution in [0.2, 0.25) is 0 Å². The van der Waals surface area contributed by atoms with Crippen molar-refractivity contribution in [2.45, 2.75) is 45.4 Å². The number of aliphatic hydroxyl groups excluding tert-OH is 1. The van der Waals surface area contributed by atoms with Crippen LogP contribution in [0.3, 0.4) is 0 Å². The van der Waals surface area contributed by atoms with E-state index < -0.39 is 0 Å². The molecule has 0 bridgehead atoms. The van der Waals surface area contributed by atoms with E-state index in [4.69, 9.17) is 5.11 Å². The van der Waals surface area contributed by atoms with E-state index in [1.54, 1.807) is 0 Å². The Morgan fingerprint density at radius 1 is 0.909 bits per heavy atom. The maximum Gasteiger partial charge on any atom is 1.00 e. The van der Waals surface area contributed by atoms with Gasteiger partial charge in [0.2, 0.25) is 0 Å². The Bertz CT molecular complexity index is 45.4. The molecule has 2 N–H and O–H groups in total. The molecule has 2 nitrogen and oxygen atoms in total. The van der Waals surface area contributed by atoms with Gasteiger partial charge in [0.15, 0.2) is 0 Å². The number of hydrogen-bond acceptors (Lipinski definition) is 2. The largest absolute Gasteiger partial charge is 1.00 e. The van der Waals surface area contributed by atoms with Gasteiger partial charge in [0.1, 0.15) is 0 Å². The number of aliphatic hydroxyl groups is 1. The molecule has 3 heteroatoms. The first-order chi connectivity index (χ1) is 4.41. The predicted octanol–water partition coefficient (Wildman–Crippen LogP) is -0.834. The van der Waals surface area contributed by atoms with Gasteiger partial charge in [-0.15, -0.1) is 0 Å². The van der Waals surface area contributed by atoms with Crippen molar-refractivity contribution in [3.05, 3.63) is 0 Å². The van der Waals surface area contributed by atoms with Crippen molar-refractivity contribution < 1.29 is 40.1 Å². The zero-order valence-corrected chi connectivity index (χ0v) is 9.84. The Morgan fingerprint density at radius 3 is 1.82 bits per heavy atom. The van der Waals surface area contributed by atoms with Gasteiger partial charge in [0, 0.05) is 6.61 Å². The van der Waals surface area contributed by atoms with Crippen LogP contribution in [0, 0.1) is 0 Å². The molecule has 0 aliphatic heterocycles. The van der Waals surface area contributed by atoms with Crippen molar-refractivity contribution in [2.24, 2.45) is 0 Å². The average Bonchev–Trinajstić information content (AvgIpc) is 1.89. The van der Waals surface area contributed by atoms with Gasteiger partial charge in [-0.25, -0.2) is 0 Å². The molecule has 0 atom stereocenters. The van der Waals surface area contributed by atoms with Gasteiger partial charge < -0.3 is 10.6 Å². The molecule has 0 fully saturated rings. The fourth-order valence-corrected chi connectivity index (χ4v) is 0.892. The molecule has 11 heavy (non-hydrogen) atoms. The molecule has 0 aliphatic carbocycles. The van der Waals surface area contributed by atoms with E-state index in [0.717, 1.165) is 6.42 Å². The fraction of sp³-hybridized carbons (Fsp3) is 1.00. The molecule has 0 aliphatic rings. The summed E-state index contributed by atoms with van der Waals surface area (Å²) < 4.78 is 0. The van der Waals surface area contributed by atoms with Crippen LogP contribution in [0.1, 0.15) is 45.4 Å². The first kappa shape index (κ1) is 17.9. The second-order valence-corrected chi connectivity index (χ2v) is 2.49. The Balaban J connectivity index is -0.000000320. The average molecular weight is 170 g/mol. The van der Waals surface area contributed by atoms with Crippen LogP contribution in [0.15, 0.2) is 0 Å². The third-order valence-electron chi connectivity index (χ3n) is 1.51. The first-order valence-corrected chi connectivity index (χ1v) is 4.02. The minimum Gasteiger partial charge on any atom is -0.870 e. The van der Waals surface area contributed by atoms with Crippen molar-refractivity contribution in [1.29, 1.82) is 0 Å². The summed E-state index contributed by atoms with van der Waals surface area (Å²) in [6.45, 7) is 2.58. The van der Waals surface area contributed by atoms with Crippen LogP contribution in [0.25, 0.3) is 0 Å². The molecular weight excluding hydrogens is 151 g/mol. The van der Waals surface area contributed by atoms with Crippen molar-refractivity contribution in [3.63, 3.8) is 0 Å². The summed E-state index contributed by atoms with van der Waals surface area (Å²) in [7, 11) is 0.